The van der Waals surface area contributed by atoms with E-state index in [1.54, 1.807) is 0 Å². The van der Waals surface area contributed by atoms with Gasteiger partial charge in [0.25, 0.3) is 0 Å². The fourth-order valence-electron chi connectivity index (χ4n) is 4.62. The second kappa shape index (κ2) is 7.12. The Hall–Kier alpha value is -2.14. The Morgan fingerprint density at radius 2 is 1.56 bits per heavy atom. The summed E-state index contributed by atoms with van der Waals surface area (Å²) in [5.74, 6) is 0.658. The molecule has 2 saturated heterocycles. The van der Waals surface area contributed by atoms with Crippen molar-refractivity contribution < 1.29 is 13.2 Å². The molecule has 5 heteroatoms. The molecule has 142 valence electrons. The average molecular weight is 384 g/mol. The van der Waals surface area contributed by atoms with Crippen LogP contribution in [-0.4, -0.2) is 43.8 Å². The summed E-state index contributed by atoms with van der Waals surface area (Å²) in [6, 6.07) is 20.8. The van der Waals surface area contributed by atoms with Gasteiger partial charge >= 0.3 is 0 Å². The minimum atomic E-state index is -2.93. The minimum absolute atomic E-state index is 0.0568. The van der Waals surface area contributed by atoms with Crippen molar-refractivity contribution in [2.24, 2.45) is 5.92 Å². The van der Waals surface area contributed by atoms with E-state index in [0.29, 0.717) is 25.9 Å². The van der Waals surface area contributed by atoms with E-state index in [9.17, 15) is 13.2 Å². The van der Waals surface area contributed by atoms with Gasteiger partial charge in [0.15, 0.2) is 9.84 Å². The fraction of sp³-hybridized carbons (Fsp3) is 0.409. The first-order valence-electron chi connectivity index (χ1n) is 9.58. The first kappa shape index (κ1) is 18.2. The quantitative estimate of drug-likeness (QED) is 0.815. The molecule has 2 aliphatic heterocycles. The fourth-order valence-corrected chi connectivity index (χ4v) is 6.47. The Bertz CT molecular complexity index is 870. The zero-order valence-corrected chi connectivity index (χ0v) is 16.2. The first-order valence-corrected chi connectivity index (χ1v) is 11.4. The smallest absolute Gasteiger partial charge is 0.222 e. The van der Waals surface area contributed by atoms with Gasteiger partial charge < -0.3 is 4.90 Å². The van der Waals surface area contributed by atoms with E-state index in [2.05, 4.69) is 24.3 Å². The topological polar surface area (TPSA) is 54.5 Å². The summed E-state index contributed by atoms with van der Waals surface area (Å²) in [6.45, 7) is 1.15. The molecule has 2 aromatic rings. The molecule has 0 aromatic heterocycles. The van der Waals surface area contributed by atoms with Crippen LogP contribution in [0.4, 0.5) is 0 Å². The Labute approximate surface area is 161 Å². The Morgan fingerprint density at radius 1 is 0.963 bits per heavy atom. The molecule has 0 unspecified atom stereocenters. The van der Waals surface area contributed by atoms with Crippen molar-refractivity contribution in [1.29, 1.82) is 0 Å². The van der Waals surface area contributed by atoms with Gasteiger partial charge in [0.1, 0.15) is 0 Å². The van der Waals surface area contributed by atoms with Crippen LogP contribution in [-0.2, 0) is 20.0 Å². The molecule has 0 N–H and O–H groups in total. The summed E-state index contributed by atoms with van der Waals surface area (Å²) in [7, 11) is -2.93. The van der Waals surface area contributed by atoms with Crippen molar-refractivity contribution in [2.75, 3.05) is 24.6 Å². The van der Waals surface area contributed by atoms with Gasteiger partial charge in [-0.3, -0.25) is 4.79 Å². The summed E-state index contributed by atoms with van der Waals surface area (Å²) >= 11 is 0. The highest BCUT2D eigenvalue weighted by Gasteiger charge is 2.42. The van der Waals surface area contributed by atoms with Crippen molar-refractivity contribution in [2.45, 2.75) is 24.7 Å². The lowest BCUT2D eigenvalue weighted by molar-refractivity contribution is -0.135. The lowest BCUT2D eigenvalue weighted by atomic mass is 9.69. The maximum absolute atomic E-state index is 12.7. The molecule has 2 aliphatic rings. The van der Waals surface area contributed by atoms with Crippen molar-refractivity contribution in [1.82, 2.24) is 4.90 Å². The highest BCUT2D eigenvalue weighted by molar-refractivity contribution is 7.91. The van der Waals surface area contributed by atoms with Gasteiger partial charge in [-0.15, -0.1) is 0 Å². The van der Waals surface area contributed by atoms with E-state index in [4.69, 9.17) is 0 Å². The molecule has 2 heterocycles. The summed E-state index contributed by atoms with van der Waals surface area (Å²) in [5, 5.41) is 0. The van der Waals surface area contributed by atoms with Gasteiger partial charge in [-0.05, 0) is 29.9 Å². The monoisotopic (exact) mass is 383 g/mol. The predicted molar refractivity (Wildman–Crippen MR) is 106 cm³/mol. The second-order valence-corrected chi connectivity index (χ2v) is 10.1. The highest BCUT2D eigenvalue weighted by Crippen LogP contribution is 2.41. The van der Waals surface area contributed by atoms with Crippen LogP contribution in [0.15, 0.2) is 60.7 Å². The summed E-state index contributed by atoms with van der Waals surface area (Å²) in [5.41, 5.74) is 2.19. The SMILES string of the molecule is O=C1CCC(c2ccccc2)(c2ccccc2)CN1C[C@H]1CCS(=O)(=O)C1. The average Bonchev–Trinajstić information content (AvgIpc) is 3.03. The van der Waals surface area contributed by atoms with Crippen LogP contribution >= 0.6 is 0 Å². The third kappa shape index (κ3) is 3.65. The molecule has 0 radical (unpaired) electrons. The third-order valence-corrected chi connectivity index (χ3v) is 7.87. The van der Waals surface area contributed by atoms with Gasteiger partial charge in [-0.1, -0.05) is 60.7 Å². The van der Waals surface area contributed by atoms with Gasteiger partial charge in [0, 0.05) is 24.9 Å². The lowest BCUT2D eigenvalue weighted by Crippen LogP contribution is -2.51. The third-order valence-electron chi connectivity index (χ3n) is 6.04. The molecule has 27 heavy (non-hydrogen) atoms. The van der Waals surface area contributed by atoms with Crippen molar-refractivity contribution >= 4 is 15.7 Å². The normalized spacial score (nSPS) is 24.1. The van der Waals surface area contributed by atoms with E-state index in [1.165, 1.54) is 11.1 Å². The van der Waals surface area contributed by atoms with E-state index < -0.39 is 9.84 Å². The molecule has 0 spiro atoms. The number of piperidine rings is 1. The molecular weight excluding hydrogens is 358 g/mol. The minimum Gasteiger partial charge on any atom is -0.341 e. The molecule has 0 saturated carbocycles. The van der Waals surface area contributed by atoms with Gasteiger partial charge in [0.05, 0.1) is 11.5 Å². The van der Waals surface area contributed by atoms with Gasteiger partial charge in [-0.25, -0.2) is 8.42 Å². The van der Waals surface area contributed by atoms with Crippen LogP contribution in [0.25, 0.3) is 0 Å². The Kier molecular flexibility index (Phi) is 4.81. The Balaban J connectivity index is 1.67. The van der Waals surface area contributed by atoms with Crippen molar-refractivity contribution in [3.8, 4) is 0 Å². The van der Waals surface area contributed by atoms with Crippen LogP contribution < -0.4 is 0 Å². The van der Waals surface area contributed by atoms with Gasteiger partial charge in [-0.2, -0.15) is 0 Å². The largest absolute Gasteiger partial charge is 0.341 e. The number of benzene rings is 2. The van der Waals surface area contributed by atoms with E-state index in [1.807, 2.05) is 41.3 Å². The highest BCUT2D eigenvalue weighted by atomic mass is 32.2. The van der Waals surface area contributed by atoms with Crippen molar-refractivity contribution in [3.05, 3.63) is 71.8 Å². The van der Waals surface area contributed by atoms with Crippen LogP contribution in [0.5, 0.6) is 0 Å². The number of rotatable bonds is 4. The van der Waals surface area contributed by atoms with Crippen LogP contribution in [0, 0.1) is 5.92 Å². The van der Waals surface area contributed by atoms with Crippen LogP contribution in [0.3, 0.4) is 0 Å². The Morgan fingerprint density at radius 3 is 2.07 bits per heavy atom. The molecule has 2 fully saturated rings. The number of nitrogens with zero attached hydrogens (tertiary/aromatic N) is 1. The van der Waals surface area contributed by atoms with Crippen LogP contribution in [0.1, 0.15) is 30.4 Å². The number of likely N-dealkylation sites (tertiary alicyclic amines) is 1. The second-order valence-electron chi connectivity index (χ2n) is 7.86. The van der Waals surface area contributed by atoms with Gasteiger partial charge in [0.2, 0.25) is 5.91 Å². The van der Waals surface area contributed by atoms with Crippen LogP contribution in [0.2, 0.25) is 0 Å². The number of sulfone groups is 1. The molecule has 4 nitrogen and oxygen atoms in total. The maximum Gasteiger partial charge on any atom is 0.222 e. The molecule has 4 rings (SSSR count). The molecular formula is C22H25NO3S. The number of hydrogen-bond acceptors (Lipinski definition) is 3. The molecule has 1 atom stereocenters. The molecule has 2 aromatic carbocycles. The standard InChI is InChI=1S/C22H25NO3S/c24-21-11-13-22(19-7-3-1-4-8-19,20-9-5-2-6-10-20)17-23(21)15-18-12-14-27(25,26)16-18/h1-10,18H,11-17H2/t18-/m1/s1. The lowest BCUT2D eigenvalue weighted by Gasteiger charge is -2.44. The molecule has 1 amide bonds. The summed E-state index contributed by atoms with van der Waals surface area (Å²) < 4.78 is 23.7. The zero-order chi connectivity index (χ0) is 18.9. The number of amides is 1. The maximum atomic E-state index is 12.7. The number of carbonyl (C=O) groups is 1. The van der Waals surface area contributed by atoms with Crippen molar-refractivity contribution in [3.63, 3.8) is 0 Å². The summed E-state index contributed by atoms with van der Waals surface area (Å²) in [4.78, 5) is 14.6. The first-order chi connectivity index (χ1) is 13.0. The number of hydrogen-bond donors (Lipinski definition) is 0. The summed E-state index contributed by atoms with van der Waals surface area (Å²) in [6.07, 6.45) is 1.93. The van der Waals surface area contributed by atoms with E-state index >= 15 is 0 Å². The van der Waals surface area contributed by atoms with E-state index in [-0.39, 0.29) is 28.7 Å². The number of carbonyl (C=O) groups excluding carboxylic acids is 1. The molecule has 0 aliphatic carbocycles. The zero-order valence-electron chi connectivity index (χ0n) is 15.4. The molecule has 0 bridgehead atoms. The predicted octanol–water partition coefficient (Wildman–Crippen LogP) is 3.03. The van der Waals surface area contributed by atoms with E-state index in [0.717, 1.165) is 6.42 Å².